The van der Waals surface area contributed by atoms with Crippen molar-refractivity contribution in [3.8, 4) is 0 Å². The van der Waals surface area contributed by atoms with Gasteiger partial charge in [0.25, 0.3) is 0 Å². The highest BCUT2D eigenvalue weighted by Gasteiger charge is 1.97. The summed E-state index contributed by atoms with van der Waals surface area (Å²) in [7, 11) is 0. The van der Waals surface area contributed by atoms with Crippen LogP contribution in [0.5, 0.6) is 0 Å². The minimum Gasteiger partial charge on any atom is -0.249 e. The van der Waals surface area contributed by atoms with Crippen LogP contribution in [0, 0.1) is 0 Å². The summed E-state index contributed by atoms with van der Waals surface area (Å²) in [6, 6.07) is 1.81. The molecular formula is C7H7BrClN. The van der Waals surface area contributed by atoms with Crippen molar-refractivity contribution in [3.05, 3.63) is 27.5 Å². The van der Waals surface area contributed by atoms with Gasteiger partial charge in [-0.1, -0.05) is 18.5 Å². The molecule has 0 aromatic carbocycles. The van der Waals surface area contributed by atoms with Crippen LogP contribution in [-0.2, 0) is 6.42 Å². The summed E-state index contributed by atoms with van der Waals surface area (Å²) in [5.41, 5.74) is 1.09. The van der Waals surface area contributed by atoms with E-state index in [1.54, 1.807) is 12.3 Å². The maximum Gasteiger partial charge on any atom is 0.107 e. The molecule has 0 spiro atoms. The molecule has 0 aliphatic carbocycles. The van der Waals surface area contributed by atoms with Gasteiger partial charge in [0.2, 0.25) is 0 Å². The lowest BCUT2D eigenvalue weighted by molar-refractivity contribution is 1.09. The number of aryl methyl sites for hydroxylation is 1. The second-order valence-corrected chi connectivity index (χ2v) is 3.17. The van der Waals surface area contributed by atoms with Gasteiger partial charge in [0.1, 0.15) is 4.60 Å². The Balaban J connectivity index is 3.07. The first-order chi connectivity index (χ1) is 4.74. The molecule has 0 amide bonds. The summed E-state index contributed by atoms with van der Waals surface area (Å²) in [5, 5.41) is 0.782. The lowest BCUT2D eigenvalue weighted by Gasteiger charge is -1.98. The van der Waals surface area contributed by atoms with E-state index >= 15 is 0 Å². The first-order valence-corrected chi connectivity index (χ1v) is 4.21. The SMILES string of the molecule is CCc1cnc(Br)cc1Cl. The van der Waals surface area contributed by atoms with E-state index in [1.807, 2.05) is 0 Å². The van der Waals surface area contributed by atoms with Gasteiger partial charge in [-0.3, -0.25) is 0 Å². The quantitative estimate of drug-likeness (QED) is 0.663. The number of aromatic nitrogens is 1. The molecule has 3 heteroatoms. The first kappa shape index (κ1) is 8.02. The smallest absolute Gasteiger partial charge is 0.107 e. The first-order valence-electron chi connectivity index (χ1n) is 3.04. The fourth-order valence-electron chi connectivity index (χ4n) is 0.696. The van der Waals surface area contributed by atoms with Gasteiger partial charge in [-0.25, -0.2) is 4.98 Å². The lowest BCUT2D eigenvalue weighted by atomic mass is 10.2. The number of hydrogen-bond donors (Lipinski definition) is 0. The summed E-state index contributed by atoms with van der Waals surface area (Å²) in [6.07, 6.45) is 2.71. The highest BCUT2D eigenvalue weighted by Crippen LogP contribution is 2.18. The number of halogens is 2. The van der Waals surface area contributed by atoms with Crippen LogP contribution in [0.1, 0.15) is 12.5 Å². The molecule has 1 heterocycles. The Kier molecular flexibility index (Phi) is 2.69. The summed E-state index contributed by atoms with van der Waals surface area (Å²) >= 11 is 9.09. The largest absolute Gasteiger partial charge is 0.249 e. The van der Waals surface area contributed by atoms with Crippen molar-refractivity contribution >= 4 is 27.5 Å². The Bertz CT molecular complexity index is 237. The molecule has 1 nitrogen and oxygen atoms in total. The molecule has 0 atom stereocenters. The number of rotatable bonds is 1. The average Bonchev–Trinajstić information content (AvgIpc) is 1.88. The van der Waals surface area contributed by atoms with Crippen LogP contribution in [0.2, 0.25) is 5.02 Å². The van der Waals surface area contributed by atoms with E-state index in [0.29, 0.717) is 0 Å². The van der Waals surface area contributed by atoms with E-state index in [1.165, 1.54) is 0 Å². The van der Waals surface area contributed by atoms with E-state index in [9.17, 15) is 0 Å². The summed E-state index contributed by atoms with van der Waals surface area (Å²) < 4.78 is 0.787. The van der Waals surface area contributed by atoms with Gasteiger partial charge < -0.3 is 0 Å². The van der Waals surface area contributed by atoms with Crippen LogP contribution < -0.4 is 0 Å². The average molecular weight is 220 g/mol. The summed E-state index contributed by atoms with van der Waals surface area (Å²) in [6.45, 7) is 2.05. The molecule has 0 saturated heterocycles. The Labute approximate surface area is 73.6 Å². The van der Waals surface area contributed by atoms with Crippen molar-refractivity contribution in [1.82, 2.24) is 4.98 Å². The van der Waals surface area contributed by atoms with Crippen molar-refractivity contribution in [2.45, 2.75) is 13.3 Å². The molecule has 1 aromatic heterocycles. The highest BCUT2D eigenvalue weighted by atomic mass is 79.9. The van der Waals surface area contributed by atoms with Gasteiger partial charge in [0.05, 0.1) is 0 Å². The predicted octanol–water partition coefficient (Wildman–Crippen LogP) is 3.06. The molecular weight excluding hydrogens is 213 g/mol. The van der Waals surface area contributed by atoms with Crippen molar-refractivity contribution in [3.63, 3.8) is 0 Å². The minimum absolute atomic E-state index is 0.782. The predicted molar refractivity (Wildman–Crippen MR) is 46.3 cm³/mol. The Morgan fingerprint density at radius 2 is 2.40 bits per heavy atom. The second-order valence-electron chi connectivity index (χ2n) is 1.95. The summed E-state index contributed by atoms with van der Waals surface area (Å²) in [4.78, 5) is 4.04. The molecule has 54 valence electrons. The molecule has 0 aliphatic heterocycles. The molecule has 0 radical (unpaired) electrons. The molecule has 0 N–H and O–H groups in total. The number of nitrogens with zero attached hydrogens (tertiary/aromatic N) is 1. The van der Waals surface area contributed by atoms with Gasteiger partial charge in [0.15, 0.2) is 0 Å². The lowest BCUT2D eigenvalue weighted by Crippen LogP contribution is -1.84. The Morgan fingerprint density at radius 1 is 1.70 bits per heavy atom. The van der Waals surface area contributed by atoms with Gasteiger partial charge in [0, 0.05) is 11.2 Å². The third kappa shape index (κ3) is 1.70. The Hall–Kier alpha value is -0.0800. The molecule has 1 rings (SSSR count). The molecule has 0 unspecified atom stereocenters. The minimum atomic E-state index is 0.782. The standard InChI is InChI=1S/C7H7BrClN/c1-2-5-4-10-7(8)3-6(5)9/h3-4H,2H2,1H3. The molecule has 0 aliphatic rings. The van der Waals surface area contributed by atoms with Crippen LogP contribution in [-0.4, -0.2) is 4.98 Å². The van der Waals surface area contributed by atoms with Crippen LogP contribution in [0.25, 0.3) is 0 Å². The normalized spacial score (nSPS) is 9.90. The maximum atomic E-state index is 5.86. The topological polar surface area (TPSA) is 12.9 Å². The maximum absolute atomic E-state index is 5.86. The van der Waals surface area contributed by atoms with Crippen molar-refractivity contribution in [1.29, 1.82) is 0 Å². The van der Waals surface area contributed by atoms with E-state index in [0.717, 1.165) is 21.6 Å². The molecule has 0 bridgehead atoms. The van der Waals surface area contributed by atoms with Gasteiger partial charge >= 0.3 is 0 Å². The molecule has 0 fully saturated rings. The zero-order valence-corrected chi connectivity index (χ0v) is 7.91. The van der Waals surface area contributed by atoms with Crippen LogP contribution in [0.3, 0.4) is 0 Å². The highest BCUT2D eigenvalue weighted by molar-refractivity contribution is 9.10. The summed E-state index contributed by atoms with van der Waals surface area (Å²) in [5.74, 6) is 0. The van der Waals surface area contributed by atoms with Crippen LogP contribution in [0.4, 0.5) is 0 Å². The molecule has 1 aromatic rings. The zero-order chi connectivity index (χ0) is 7.56. The van der Waals surface area contributed by atoms with Crippen molar-refractivity contribution in [2.75, 3.05) is 0 Å². The van der Waals surface area contributed by atoms with Crippen molar-refractivity contribution < 1.29 is 0 Å². The number of hydrogen-bond acceptors (Lipinski definition) is 1. The Morgan fingerprint density at radius 3 is 2.90 bits per heavy atom. The van der Waals surface area contributed by atoms with Gasteiger partial charge in [-0.2, -0.15) is 0 Å². The fourth-order valence-corrected chi connectivity index (χ4v) is 1.44. The fraction of sp³-hybridized carbons (Fsp3) is 0.286. The zero-order valence-electron chi connectivity index (χ0n) is 5.56. The van der Waals surface area contributed by atoms with Gasteiger partial charge in [-0.05, 0) is 34.0 Å². The van der Waals surface area contributed by atoms with Crippen LogP contribution >= 0.6 is 27.5 Å². The van der Waals surface area contributed by atoms with E-state index in [2.05, 4.69) is 27.8 Å². The van der Waals surface area contributed by atoms with E-state index in [4.69, 9.17) is 11.6 Å². The van der Waals surface area contributed by atoms with E-state index < -0.39 is 0 Å². The third-order valence-corrected chi connectivity index (χ3v) is 2.06. The molecule has 0 saturated carbocycles. The van der Waals surface area contributed by atoms with E-state index in [-0.39, 0.29) is 0 Å². The van der Waals surface area contributed by atoms with Gasteiger partial charge in [-0.15, -0.1) is 0 Å². The van der Waals surface area contributed by atoms with Crippen molar-refractivity contribution in [2.24, 2.45) is 0 Å². The van der Waals surface area contributed by atoms with Crippen LogP contribution in [0.15, 0.2) is 16.9 Å². The molecule has 10 heavy (non-hydrogen) atoms. The second kappa shape index (κ2) is 3.35. The number of pyridine rings is 1. The monoisotopic (exact) mass is 219 g/mol. The third-order valence-electron chi connectivity index (χ3n) is 1.28.